The van der Waals surface area contributed by atoms with Gasteiger partial charge in [0.2, 0.25) is 0 Å². The molecular formula is C9H10O3S. The lowest BCUT2D eigenvalue weighted by molar-refractivity contribution is -0.136. The molecule has 0 bridgehead atoms. The van der Waals surface area contributed by atoms with Crippen molar-refractivity contribution in [2.24, 2.45) is 0 Å². The lowest BCUT2D eigenvalue weighted by Crippen LogP contribution is -2.04. The van der Waals surface area contributed by atoms with Gasteiger partial charge < -0.3 is 9.84 Å². The van der Waals surface area contributed by atoms with Gasteiger partial charge in [0.1, 0.15) is 11.0 Å². The molecule has 0 spiro atoms. The van der Waals surface area contributed by atoms with E-state index in [1.54, 1.807) is 31.4 Å². The number of benzene rings is 1. The van der Waals surface area contributed by atoms with E-state index in [-0.39, 0.29) is 0 Å². The van der Waals surface area contributed by atoms with Crippen molar-refractivity contribution in [2.75, 3.05) is 7.11 Å². The van der Waals surface area contributed by atoms with Crippen LogP contribution < -0.4 is 4.74 Å². The Hall–Kier alpha value is -1.16. The molecule has 0 saturated carbocycles. The van der Waals surface area contributed by atoms with Crippen molar-refractivity contribution in [1.29, 1.82) is 0 Å². The molecular weight excluding hydrogens is 188 g/mol. The first kappa shape index (κ1) is 9.92. The summed E-state index contributed by atoms with van der Waals surface area (Å²) in [5, 5.41) is 7.88. The Morgan fingerprint density at radius 2 is 2.00 bits per heavy atom. The Kier molecular flexibility index (Phi) is 3.19. The van der Waals surface area contributed by atoms with E-state index in [9.17, 15) is 4.79 Å². The third-order valence-electron chi connectivity index (χ3n) is 1.67. The molecule has 0 aliphatic heterocycles. The standard InChI is InChI=1S/C9H10O3S/c1-12-7-4-2-6(3-5-7)8(13)9(10)11/h2-5,8,13H,1H3,(H,10,11). The molecule has 0 aliphatic rings. The van der Waals surface area contributed by atoms with Crippen LogP contribution in [0.1, 0.15) is 10.8 Å². The van der Waals surface area contributed by atoms with E-state index in [4.69, 9.17) is 9.84 Å². The zero-order chi connectivity index (χ0) is 9.84. The highest BCUT2D eigenvalue weighted by atomic mass is 32.1. The van der Waals surface area contributed by atoms with Gasteiger partial charge in [-0.2, -0.15) is 12.6 Å². The van der Waals surface area contributed by atoms with Crippen LogP contribution in [0.5, 0.6) is 5.75 Å². The molecule has 4 heteroatoms. The summed E-state index contributed by atoms with van der Waals surface area (Å²) in [6, 6.07) is 6.79. The third-order valence-corrected chi connectivity index (χ3v) is 2.18. The molecule has 1 N–H and O–H groups in total. The highest BCUT2D eigenvalue weighted by molar-refractivity contribution is 7.81. The maximum Gasteiger partial charge on any atom is 0.320 e. The molecule has 1 rings (SSSR count). The van der Waals surface area contributed by atoms with E-state index in [1.807, 2.05) is 0 Å². The predicted octanol–water partition coefficient (Wildman–Crippen LogP) is 1.75. The number of aliphatic carboxylic acids is 1. The molecule has 1 atom stereocenters. The van der Waals surface area contributed by atoms with E-state index in [0.717, 1.165) is 0 Å². The van der Waals surface area contributed by atoms with Crippen LogP contribution in [0.2, 0.25) is 0 Å². The average Bonchev–Trinajstić information content (AvgIpc) is 2.17. The normalized spacial score (nSPS) is 12.2. The topological polar surface area (TPSA) is 46.5 Å². The Labute approximate surface area is 81.8 Å². The zero-order valence-corrected chi connectivity index (χ0v) is 7.99. The minimum Gasteiger partial charge on any atom is -0.497 e. The average molecular weight is 198 g/mol. The number of hydrogen-bond acceptors (Lipinski definition) is 3. The molecule has 0 aliphatic carbocycles. The number of ether oxygens (including phenoxy) is 1. The smallest absolute Gasteiger partial charge is 0.320 e. The molecule has 0 aromatic heterocycles. The van der Waals surface area contributed by atoms with Crippen molar-refractivity contribution in [3.05, 3.63) is 29.8 Å². The van der Waals surface area contributed by atoms with Gasteiger partial charge in [-0.05, 0) is 17.7 Å². The van der Waals surface area contributed by atoms with Crippen LogP contribution in [0.4, 0.5) is 0 Å². The van der Waals surface area contributed by atoms with E-state index in [2.05, 4.69) is 12.6 Å². The van der Waals surface area contributed by atoms with Crippen LogP contribution in [0, 0.1) is 0 Å². The first-order chi connectivity index (χ1) is 6.15. The number of hydrogen-bond donors (Lipinski definition) is 2. The fraction of sp³-hybridized carbons (Fsp3) is 0.222. The number of carboxylic acid groups (broad SMARTS) is 1. The van der Waals surface area contributed by atoms with Crippen molar-refractivity contribution in [1.82, 2.24) is 0 Å². The summed E-state index contributed by atoms with van der Waals surface area (Å²) in [6.45, 7) is 0. The lowest BCUT2D eigenvalue weighted by atomic mass is 10.1. The molecule has 0 amide bonds. The predicted molar refractivity (Wildman–Crippen MR) is 52.4 cm³/mol. The van der Waals surface area contributed by atoms with Crippen molar-refractivity contribution in [2.45, 2.75) is 5.25 Å². The van der Waals surface area contributed by atoms with Crippen LogP contribution in [0.3, 0.4) is 0 Å². The number of carboxylic acids is 1. The second-order valence-corrected chi connectivity index (χ2v) is 3.03. The summed E-state index contributed by atoms with van der Waals surface area (Å²) in [5.74, 6) is -0.247. The molecule has 1 aromatic carbocycles. The van der Waals surface area contributed by atoms with Crippen molar-refractivity contribution >= 4 is 18.6 Å². The van der Waals surface area contributed by atoms with Crippen LogP contribution in [-0.2, 0) is 4.79 Å². The molecule has 0 heterocycles. The zero-order valence-electron chi connectivity index (χ0n) is 7.10. The Morgan fingerprint density at radius 1 is 1.46 bits per heavy atom. The van der Waals surface area contributed by atoms with Gasteiger partial charge in [-0.3, -0.25) is 4.79 Å². The molecule has 0 fully saturated rings. The van der Waals surface area contributed by atoms with Gasteiger partial charge in [0, 0.05) is 0 Å². The summed E-state index contributed by atoms with van der Waals surface area (Å²) in [4.78, 5) is 10.5. The largest absolute Gasteiger partial charge is 0.497 e. The summed E-state index contributed by atoms with van der Waals surface area (Å²) >= 11 is 3.94. The summed E-state index contributed by atoms with van der Waals surface area (Å²) in [5.41, 5.74) is 0.650. The van der Waals surface area contributed by atoms with Gasteiger partial charge in [0.15, 0.2) is 0 Å². The minimum atomic E-state index is -0.950. The van der Waals surface area contributed by atoms with Crippen molar-refractivity contribution in [3.8, 4) is 5.75 Å². The van der Waals surface area contributed by atoms with Gasteiger partial charge in [0.05, 0.1) is 7.11 Å². The second-order valence-electron chi connectivity index (χ2n) is 2.51. The molecule has 13 heavy (non-hydrogen) atoms. The number of methoxy groups -OCH3 is 1. The second kappa shape index (κ2) is 4.18. The summed E-state index contributed by atoms with van der Waals surface area (Å²) in [6.07, 6.45) is 0. The van der Waals surface area contributed by atoms with Gasteiger partial charge >= 0.3 is 5.97 Å². The minimum absolute atomic E-state index is 0.650. The quantitative estimate of drug-likeness (QED) is 0.727. The molecule has 3 nitrogen and oxygen atoms in total. The fourth-order valence-corrected chi connectivity index (χ4v) is 1.10. The summed E-state index contributed by atoms with van der Waals surface area (Å²) in [7, 11) is 1.56. The highest BCUT2D eigenvalue weighted by Crippen LogP contribution is 2.22. The van der Waals surface area contributed by atoms with E-state index < -0.39 is 11.2 Å². The number of carbonyl (C=O) groups is 1. The molecule has 70 valence electrons. The van der Waals surface area contributed by atoms with Gasteiger partial charge in [-0.1, -0.05) is 12.1 Å². The Balaban J connectivity index is 2.85. The first-order valence-electron chi connectivity index (χ1n) is 3.70. The Morgan fingerprint density at radius 3 is 2.38 bits per heavy atom. The van der Waals surface area contributed by atoms with Crippen LogP contribution in [0.15, 0.2) is 24.3 Å². The fourth-order valence-electron chi connectivity index (χ4n) is 0.929. The number of rotatable bonds is 3. The lowest BCUT2D eigenvalue weighted by Gasteiger charge is -2.06. The monoisotopic (exact) mass is 198 g/mol. The third kappa shape index (κ3) is 2.39. The SMILES string of the molecule is COc1ccc(C(S)C(=O)O)cc1. The van der Waals surface area contributed by atoms with Crippen LogP contribution >= 0.6 is 12.6 Å². The van der Waals surface area contributed by atoms with Crippen LogP contribution in [0.25, 0.3) is 0 Å². The first-order valence-corrected chi connectivity index (χ1v) is 4.21. The maximum absolute atomic E-state index is 10.5. The Bertz CT molecular complexity index is 294. The van der Waals surface area contributed by atoms with E-state index in [0.29, 0.717) is 11.3 Å². The van der Waals surface area contributed by atoms with E-state index in [1.165, 1.54) is 0 Å². The van der Waals surface area contributed by atoms with Gasteiger partial charge in [-0.25, -0.2) is 0 Å². The molecule has 1 aromatic rings. The van der Waals surface area contributed by atoms with Crippen molar-refractivity contribution < 1.29 is 14.6 Å². The van der Waals surface area contributed by atoms with Gasteiger partial charge in [0.25, 0.3) is 0 Å². The summed E-state index contributed by atoms with van der Waals surface area (Å²) < 4.78 is 4.94. The van der Waals surface area contributed by atoms with E-state index >= 15 is 0 Å². The maximum atomic E-state index is 10.5. The van der Waals surface area contributed by atoms with Crippen molar-refractivity contribution in [3.63, 3.8) is 0 Å². The van der Waals surface area contributed by atoms with Gasteiger partial charge in [-0.15, -0.1) is 0 Å². The molecule has 1 unspecified atom stereocenters. The number of thiol groups is 1. The highest BCUT2D eigenvalue weighted by Gasteiger charge is 2.13. The van der Waals surface area contributed by atoms with Crippen LogP contribution in [-0.4, -0.2) is 18.2 Å². The molecule has 0 saturated heterocycles. The molecule has 0 radical (unpaired) electrons.